The molecular weight excluding hydrogens is 741 g/mol. The molecule has 0 heterocycles. The normalized spacial score (nSPS) is 20.8. The Hall–Kier alpha value is -5.04. The van der Waals surface area contributed by atoms with Crippen molar-refractivity contribution in [3.63, 3.8) is 0 Å². The van der Waals surface area contributed by atoms with E-state index in [0.29, 0.717) is 32.2 Å². The summed E-state index contributed by atoms with van der Waals surface area (Å²) >= 11 is 0. The molecule has 6 rings (SSSR count). The number of esters is 2. The molecule has 11 nitrogen and oxygen atoms in total. The Balaban J connectivity index is 0.000000219. The number of phenolic OH excluding ortho intramolecular Hbond substituents is 1. The summed E-state index contributed by atoms with van der Waals surface area (Å²) in [5, 5.41) is 22.3. The minimum absolute atomic E-state index is 0.150. The summed E-state index contributed by atoms with van der Waals surface area (Å²) in [7, 11) is 0.174. The number of benzene rings is 4. The number of nitrogens with zero attached hydrogens (tertiary/aromatic N) is 1. The molecule has 3 N–H and O–H groups in total. The van der Waals surface area contributed by atoms with Gasteiger partial charge in [0.2, 0.25) is 11.8 Å². The van der Waals surface area contributed by atoms with Gasteiger partial charge in [-0.25, -0.2) is 10.5 Å². The topological polar surface area (TPSA) is 152 Å². The van der Waals surface area contributed by atoms with Crippen LogP contribution in [-0.2, 0) is 52.8 Å². The standard InChI is InChI=1S/C25H25NO4.C20H31NO5Si/c1-2-30-24(28)25(16-22(25)23(27)26-29)15-18-12-10-17(11-13-18)14-20-8-5-7-19-6-3-4-9-21(19)20;1-6-26-19(24)20(13-15-7-9-16(22)10-8-15)14-17(20)18(23)21(25-2)11-12-27(3,4)5/h3-13,22,29H,2,14-16H2,1H3,(H,26,27);7-10,17,22H,6,11-14H2,1-5H3/t22?,25-;17?,20-/m00/s1. The van der Waals surface area contributed by atoms with E-state index in [0.717, 1.165) is 23.6 Å². The Morgan fingerprint density at radius 1 is 0.754 bits per heavy atom. The highest BCUT2D eigenvalue weighted by Gasteiger charge is 2.66. The van der Waals surface area contributed by atoms with Crippen molar-refractivity contribution in [2.75, 3.05) is 26.9 Å². The van der Waals surface area contributed by atoms with Crippen LogP contribution in [0.5, 0.6) is 5.75 Å². The highest BCUT2D eigenvalue weighted by atomic mass is 28.3. The van der Waals surface area contributed by atoms with E-state index in [4.69, 9.17) is 19.5 Å². The van der Waals surface area contributed by atoms with Crippen LogP contribution in [0.2, 0.25) is 25.7 Å². The molecular formula is C45H56N2O9Si. The minimum Gasteiger partial charge on any atom is -0.508 e. The fraction of sp³-hybridized carbons (Fsp3) is 0.422. The average Bonchev–Trinajstić information content (AvgIpc) is 4.11. The first kappa shape index (κ1) is 43.1. The van der Waals surface area contributed by atoms with Crippen LogP contribution in [0.4, 0.5) is 0 Å². The molecule has 0 spiro atoms. The SMILES string of the molecule is CCOC(=O)[C@@]1(Cc2ccc(Cc3cccc4ccccc34)cc2)CC1C(=O)NO.CCOC(=O)[C@@]1(Cc2ccc(O)cc2)CC1C(=O)N(CC[Si](C)(C)C)OC. The van der Waals surface area contributed by atoms with Crippen molar-refractivity contribution < 1.29 is 43.8 Å². The Morgan fingerprint density at radius 2 is 1.28 bits per heavy atom. The molecule has 4 atom stereocenters. The second kappa shape index (κ2) is 18.5. The van der Waals surface area contributed by atoms with Crippen LogP contribution < -0.4 is 5.48 Å². The molecule has 2 aliphatic carbocycles. The van der Waals surface area contributed by atoms with Gasteiger partial charge in [-0.05, 0) is 97.2 Å². The van der Waals surface area contributed by atoms with Crippen LogP contribution >= 0.6 is 0 Å². The van der Waals surface area contributed by atoms with Gasteiger partial charge in [-0.15, -0.1) is 0 Å². The zero-order chi connectivity index (χ0) is 41.4. The van der Waals surface area contributed by atoms with E-state index < -0.39 is 36.6 Å². The molecule has 4 aromatic rings. The highest BCUT2D eigenvalue weighted by molar-refractivity contribution is 6.76. The molecule has 0 radical (unpaired) electrons. The molecule has 0 bridgehead atoms. The second-order valence-electron chi connectivity index (χ2n) is 16.3. The fourth-order valence-electron chi connectivity index (χ4n) is 7.58. The average molecular weight is 797 g/mol. The smallest absolute Gasteiger partial charge is 0.313 e. The molecule has 0 saturated heterocycles. The summed E-state index contributed by atoms with van der Waals surface area (Å²) in [6.45, 7) is 11.3. The molecule has 0 aliphatic heterocycles. The van der Waals surface area contributed by atoms with Gasteiger partial charge >= 0.3 is 11.9 Å². The molecule has 2 fully saturated rings. The van der Waals surface area contributed by atoms with Crippen molar-refractivity contribution in [1.29, 1.82) is 0 Å². The predicted molar refractivity (Wildman–Crippen MR) is 220 cm³/mol. The van der Waals surface area contributed by atoms with Gasteiger partial charge in [0.25, 0.3) is 0 Å². The van der Waals surface area contributed by atoms with E-state index in [1.54, 1.807) is 43.6 Å². The van der Waals surface area contributed by atoms with Crippen molar-refractivity contribution in [2.45, 2.75) is 71.6 Å². The molecule has 57 heavy (non-hydrogen) atoms. The Morgan fingerprint density at radius 3 is 1.84 bits per heavy atom. The van der Waals surface area contributed by atoms with E-state index in [9.17, 15) is 24.3 Å². The summed E-state index contributed by atoms with van der Waals surface area (Å²) in [4.78, 5) is 55.4. The van der Waals surface area contributed by atoms with Crippen LogP contribution in [0, 0.1) is 22.7 Å². The summed E-state index contributed by atoms with van der Waals surface area (Å²) in [6, 6.07) is 30.5. The van der Waals surface area contributed by atoms with Crippen LogP contribution in [0.25, 0.3) is 10.8 Å². The summed E-state index contributed by atoms with van der Waals surface area (Å²) in [6.07, 6.45) is 2.49. The van der Waals surface area contributed by atoms with Gasteiger partial charge in [0.1, 0.15) is 5.75 Å². The first-order valence-electron chi connectivity index (χ1n) is 19.7. The minimum atomic E-state index is -1.32. The first-order chi connectivity index (χ1) is 27.2. The number of nitrogens with one attached hydrogen (secondary N) is 1. The summed E-state index contributed by atoms with van der Waals surface area (Å²) in [5.41, 5.74) is 4.24. The lowest BCUT2D eigenvalue weighted by molar-refractivity contribution is -0.178. The van der Waals surface area contributed by atoms with Gasteiger partial charge in [0, 0.05) is 14.6 Å². The number of phenols is 1. The van der Waals surface area contributed by atoms with Crippen LogP contribution in [-0.4, -0.2) is 74.1 Å². The number of hydrogen-bond acceptors (Lipinski definition) is 9. The van der Waals surface area contributed by atoms with Crippen molar-refractivity contribution >= 4 is 42.6 Å². The van der Waals surface area contributed by atoms with Crippen molar-refractivity contribution in [1.82, 2.24) is 10.5 Å². The van der Waals surface area contributed by atoms with E-state index in [1.165, 1.54) is 34.1 Å². The monoisotopic (exact) mass is 796 g/mol. The van der Waals surface area contributed by atoms with E-state index >= 15 is 0 Å². The lowest BCUT2D eigenvalue weighted by Gasteiger charge is -2.25. The van der Waals surface area contributed by atoms with E-state index in [-0.39, 0.29) is 36.8 Å². The van der Waals surface area contributed by atoms with Crippen LogP contribution in [0.3, 0.4) is 0 Å². The zero-order valence-corrected chi connectivity index (χ0v) is 34.9. The zero-order valence-electron chi connectivity index (χ0n) is 33.9. The maximum absolute atomic E-state index is 13.0. The highest BCUT2D eigenvalue weighted by Crippen LogP contribution is 2.57. The molecule has 12 heteroatoms. The van der Waals surface area contributed by atoms with Gasteiger partial charge in [-0.2, -0.15) is 0 Å². The lowest BCUT2D eigenvalue weighted by Crippen LogP contribution is -2.38. The van der Waals surface area contributed by atoms with E-state index in [2.05, 4.69) is 68.2 Å². The maximum atomic E-state index is 13.0. The largest absolute Gasteiger partial charge is 0.508 e. The number of rotatable bonds is 16. The number of carbonyl (C=O) groups excluding carboxylic acids is 4. The summed E-state index contributed by atoms with van der Waals surface area (Å²) < 4.78 is 10.5. The maximum Gasteiger partial charge on any atom is 0.313 e. The lowest BCUT2D eigenvalue weighted by atomic mass is 9.92. The predicted octanol–water partition coefficient (Wildman–Crippen LogP) is 7.28. The number of fused-ring (bicyclic) bond motifs is 1. The van der Waals surface area contributed by atoms with E-state index in [1.807, 2.05) is 18.2 Å². The number of hydrogen-bond donors (Lipinski definition) is 3. The third kappa shape index (κ3) is 10.5. The number of aromatic hydroxyl groups is 1. The molecule has 2 saturated carbocycles. The van der Waals surface area contributed by atoms with Crippen molar-refractivity contribution in [3.05, 3.63) is 113 Å². The first-order valence-corrected chi connectivity index (χ1v) is 23.4. The molecule has 304 valence electrons. The van der Waals surface area contributed by atoms with Gasteiger partial charge in [0.15, 0.2) is 0 Å². The second-order valence-corrected chi connectivity index (χ2v) is 21.9. The number of amides is 2. The number of hydroxylamine groups is 3. The number of ether oxygens (including phenoxy) is 2. The molecule has 0 aromatic heterocycles. The Kier molecular flexibility index (Phi) is 14.0. The van der Waals surface area contributed by atoms with Crippen LogP contribution in [0.15, 0.2) is 91.0 Å². The summed E-state index contributed by atoms with van der Waals surface area (Å²) in [5.74, 6) is -2.22. The molecule has 2 unspecified atom stereocenters. The van der Waals surface area contributed by atoms with Gasteiger partial charge in [-0.1, -0.05) is 98.5 Å². The Labute approximate surface area is 336 Å². The third-order valence-corrected chi connectivity index (χ3v) is 12.8. The van der Waals surface area contributed by atoms with Crippen molar-refractivity contribution in [3.8, 4) is 5.75 Å². The van der Waals surface area contributed by atoms with Gasteiger partial charge in [0.05, 0.1) is 43.0 Å². The van der Waals surface area contributed by atoms with Gasteiger partial charge < -0.3 is 14.6 Å². The molecule has 2 aliphatic rings. The quantitative estimate of drug-likeness (QED) is 0.0460. The van der Waals surface area contributed by atoms with Crippen molar-refractivity contribution in [2.24, 2.45) is 22.7 Å². The molecule has 2 amide bonds. The van der Waals surface area contributed by atoms with Crippen LogP contribution in [0.1, 0.15) is 48.9 Å². The Bertz CT molecular complexity index is 2030. The fourth-order valence-corrected chi connectivity index (χ4v) is 8.45. The van der Waals surface area contributed by atoms with Gasteiger partial charge in [-0.3, -0.25) is 29.2 Å². The number of carbonyl (C=O) groups is 4. The third-order valence-electron chi connectivity index (χ3n) is 11.0. The molecule has 4 aromatic carbocycles.